The van der Waals surface area contributed by atoms with Gasteiger partial charge in [0.25, 0.3) is 6.48 Å². The highest BCUT2D eigenvalue weighted by Gasteiger charge is 2.27. The van der Waals surface area contributed by atoms with Gasteiger partial charge in [0, 0.05) is 5.41 Å². The van der Waals surface area contributed by atoms with E-state index >= 15 is 0 Å². The van der Waals surface area contributed by atoms with Gasteiger partial charge in [-0.15, -0.1) is 0 Å². The van der Waals surface area contributed by atoms with Crippen molar-refractivity contribution in [2.45, 2.75) is 19.8 Å². The maximum absolute atomic E-state index is 8.89. The molecule has 74 valence electrons. The van der Waals surface area contributed by atoms with Crippen LogP contribution in [-0.2, 0) is 4.74 Å². The lowest BCUT2D eigenvalue weighted by Gasteiger charge is -2.27. The number of hydrogen-bond donors (Lipinski definition) is 4. The molecule has 5 heteroatoms. The molecule has 0 heterocycles. The van der Waals surface area contributed by atoms with Crippen LogP contribution >= 0.6 is 0 Å². The Balaban J connectivity index is 3.93. The third-order valence-corrected chi connectivity index (χ3v) is 1.96. The van der Waals surface area contributed by atoms with Crippen LogP contribution in [0.15, 0.2) is 0 Å². The maximum Gasteiger partial charge on any atom is 0.266 e. The molecule has 0 amide bonds. The zero-order valence-corrected chi connectivity index (χ0v) is 7.10. The lowest BCUT2D eigenvalue weighted by molar-refractivity contribution is -0.250. The van der Waals surface area contributed by atoms with Gasteiger partial charge >= 0.3 is 0 Å². The largest absolute Gasteiger partial charge is 0.396 e. The van der Waals surface area contributed by atoms with Gasteiger partial charge in [-0.25, -0.2) is 0 Å². The normalized spacial score (nSPS) is 12.5. The molecule has 0 aliphatic heterocycles. The van der Waals surface area contributed by atoms with E-state index in [9.17, 15) is 0 Å². The van der Waals surface area contributed by atoms with Crippen LogP contribution in [-0.4, -0.2) is 46.7 Å². The van der Waals surface area contributed by atoms with Crippen molar-refractivity contribution in [2.75, 3.05) is 19.8 Å². The van der Waals surface area contributed by atoms with E-state index < -0.39 is 11.9 Å². The van der Waals surface area contributed by atoms with Crippen LogP contribution < -0.4 is 0 Å². The summed E-state index contributed by atoms with van der Waals surface area (Å²) in [5, 5.41) is 34.5. The predicted molar refractivity (Wildman–Crippen MR) is 41.1 cm³/mol. The molecule has 4 N–H and O–H groups in total. The Morgan fingerprint density at radius 1 is 1.25 bits per heavy atom. The number of hydrogen-bond acceptors (Lipinski definition) is 5. The zero-order valence-electron chi connectivity index (χ0n) is 7.10. The summed E-state index contributed by atoms with van der Waals surface area (Å²) < 4.78 is 4.47. The van der Waals surface area contributed by atoms with Gasteiger partial charge in [-0.2, -0.15) is 0 Å². The van der Waals surface area contributed by atoms with Crippen LogP contribution in [0.4, 0.5) is 0 Å². The van der Waals surface area contributed by atoms with Gasteiger partial charge in [0.1, 0.15) is 0 Å². The average Bonchev–Trinajstić information content (AvgIpc) is 2.08. The van der Waals surface area contributed by atoms with Crippen molar-refractivity contribution < 1.29 is 25.2 Å². The van der Waals surface area contributed by atoms with Crippen molar-refractivity contribution >= 4 is 0 Å². The summed E-state index contributed by atoms with van der Waals surface area (Å²) in [6, 6.07) is 0. The third kappa shape index (κ3) is 3.46. The molecule has 12 heavy (non-hydrogen) atoms. The standard InChI is InChI=1S/C7H16O5/c1-2-7(3-8,4-9)5-12-6(10)11/h6,8-11H,2-5H2,1H3. The summed E-state index contributed by atoms with van der Waals surface area (Å²) in [5.41, 5.74) is -0.774. The molecule has 0 aliphatic rings. The molecule has 0 unspecified atom stereocenters. The quantitative estimate of drug-likeness (QED) is 0.379. The summed E-state index contributed by atoms with van der Waals surface area (Å²) >= 11 is 0. The molecule has 0 saturated carbocycles. The van der Waals surface area contributed by atoms with E-state index in [0.29, 0.717) is 6.42 Å². The molecule has 0 aromatic rings. The maximum atomic E-state index is 8.89. The van der Waals surface area contributed by atoms with Crippen molar-refractivity contribution in [1.82, 2.24) is 0 Å². The smallest absolute Gasteiger partial charge is 0.266 e. The van der Waals surface area contributed by atoms with Crippen molar-refractivity contribution in [3.05, 3.63) is 0 Å². The summed E-state index contributed by atoms with van der Waals surface area (Å²) in [4.78, 5) is 0. The second-order valence-electron chi connectivity index (χ2n) is 2.81. The van der Waals surface area contributed by atoms with Crippen molar-refractivity contribution in [1.29, 1.82) is 0 Å². The van der Waals surface area contributed by atoms with E-state index in [1.165, 1.54) is 0 Å². The minimum atomic E-state index is -1.85. The average molecular weight is 180 g/mol. The molecule has 0 atom stereocenters. The van der Waals surface area contributed by atoms with Crippen LogP contribution in [0.5, 0.6) is 0 Å². The van der Waals surface area contributed by atoms with Gasteiger partial charge in [-0.1, -0.05) is 6.92 Å². The number of ether oxygens (including phenoxy) is 1. The minimum Gasteiger partial charge on any atom is -0.396 e. The number of aliphatic hydroxyl groups excluding tert-OH is 3. The van der Waals surface area contributed by atoms with E-state index in [-0.39, 0.29) is 19.8 Å². The first-order chi connectivity index (χ1) is 5.60. The second kappa shape index (κ2) is 5.45. The van der Waals surface area contributed by atoms with Crippen molar-refractivity contribution in [3.63, 3.8) is 0 Å². The Kier molecular flexibility index (Phi) is 5.36. The first-order valence-corrected chi connectivity index (χ1v) is 3.79. The van der Waals surface area contributed by atoms with E-state index in [1.54, 1.807) is 6.92 Å². The molecule has 0 saturated heterocycles. The second-order valence-corrected chi connectivity index (χ2v) is 2.81. The molecular formula is C7H16O5. The molecule has 0 aromatic carbocycles. The first kappa shape index (κ1) is 11.8. The Morgan fingerprint density at radius 2 is 1.75 bits per heavy atom. The van der Waals surface area contributed by atoms with E-state index in [0.717, 1.165) is 0 Å². The summed E-state index contributed by atoms with van der Waals surface area (Å²) in [7, 11) is 0. The molecule has 0 aromatic heterocycles. The molecule has 0 bridgehead atoms. The molecule has 5 nitrogen and oxygen atoms in total. The number of rotatable bonds is 6. The van der Waals surface area contributed by atoms with Crippen LogP contribution in [0.3, 0.4) is 0 Å². The molecular weight excluding hydrogens is 164 g/mol. The lowest BCUT2D eigenvalue weighted by atomic mass is 9.88. The lowest BCUT2D eigenvalue weighted by Crippen LogP contribution is -2.36. The zero-order chi connectivity index (χ0) is 9.61. The molecule has 0 spiro atoms. The monoisotopic (exact) mass is 180 g/mol. The highest BCUT2D eigenvalue weighted by molar-refractivity contribution is 4.75. The molecule has 0 radical (unpaired) electrons. The number of aliphatic hydroxyl groups is 4. The third-order valence-electron chi connectivity index (χ3n) is 1.96. The van der Waals surface area contributed by atoms with Crippen LogP contribution in [0.2, 0.25) is 0 Å². The van der Waals surface area contributed by atoms with E-state index in [4.69, 9.17) is 20.4 Å². The summed E-state index contributed by atoms with van der Waals surface area (Å²) in [5.74, 6) is 0. The Morgan fingerprint density at radius 3 is 2.00 bits per heavy atom. The Labute approximate surface area is 71.2 Å². The Hall–Kier alpha value is -0.200. The summed E-state index contributed by atoms with van der Waals surface area (Å²) in [6.45, 7) is -0.637. The fraction of sp³-hybridized carbons (Fsp3) is 1.00. The highest BCUT2D eigenvalue weighted by atomic mass is 16.7. The molecule has 0 rings (SSSR count). The SMILES string of the molecule is CCC(CO)(CO)COC(O)O. The van der Waals surface area contributed by atoms with Gasteiger partial charge < -0.3 is 25.2 Å². The van der Waals surface area contributed by atoms with Gasteiger partial charge in [-0.3, -0.25) is 0 Å². The molecule has 0 fully saturated rings. The first-order valence-electron chi connectivity index (χ1n) is 3.79. The van der Waals surface area contributed by atoms with Crippen LogP contribution in [0.25, 0.3) is 0 Å². The van der Waals surface area contributed by atoms with E-state index in [1.807, 2.05) is 0 Å². The van der Waals surface area contributed by atoms with E-state index in [2.05, 4.69) is 4.74 Å². The van der Waals surface area contributed by atoms with Crippen molar-refractivity contribution in [2.24, 2.45) is 5.41 Å². The van der Waals surface area contributed by atoms with Crippen molar-refractivity contribution in [3.8, 4) is 0 Å². The van der Waals surface area contributed by atoms with Gasteiger partial charge in [0.2, 0.25) is 0 Å². The van der Waals surface area contributed by atoms with Gasteiger partial charge in [-0.05, 0) is 6.42 Å². The fourth-order valence-electron chi connectivity index (χ4n) is 0.718. The van der Waals surface area contributed by atoms with Gasteiger partial charge in [0.05, 0.1) is 19.8 Å². The predicted octanol–water partition coefficient (Wildman–Crippen LogP) is -1.35. The van der Waals surface area contributed by atoms with Gasteiger partial charge in [0.15, 0.2) is 0 Å². The van der Waals surface area contributed by atoms with Crippen LogP contribution in [0, 0.1) is 5.41 Å². The minimum absolute atomic E-state index is 0.0752. The fourth-order valence-corrected chi connectivity index (χ4v) is 0.718. The molecule has 0 aliphatic carbocycles. The summed E-state index contributed by atoms with van der Waals surface area (Å²) in [6.07, 6.45) is 0.507. The highest BCUT2D eigenvalue weighted by Crippen LogP contribution is 2.20. The Bertz CT molecular complexity index is 102. The topological polar surface area (TPSA) is 90.2 Å². The van der Waals surface area contributed by atoms with Crippen LogP contribution in [0.1, 0.15) is 13.3 Å².